The lowest BCUT2D eigenvalue weighted by Crippen LogP contribution is -2.60. The second-order valence-electron chi connectivity index (χ2n) is 6.99. The highest BCUT2D eigenvalue weighted by Gasteiger charge is 2.48. The summed E-state index contributed by atoms with van der Waals surface area (Å²) in [5.74, 6) is -0.477. The first-order chi connectivity index (χ1) is 14.9. The summed E-state index contributed by atoms with van der Waals surface area (Å²) >= 11 is 0. The number of aromatic nitrogens is 2. The molecule has 3 heterocycles. The van der Waals surface area contributed by atoms with Gasteiger partial charge in [0.1, 0.15) is 17.7 Å². The fourth-order valence-corrected chi connectivity index (χ4v) is 4.49. The highest BCUT2D eigenvalue weighted by Crippen LogP contribution is 2.33. The molecule has 2 aromatic heterocycles. The van der Waals surface area contributed by atoms with E-state index in [9.17, 15) is 31.2 Å². The first-order valence-electron chi connectivity index (χ1n) is 9.42. The summed E-state index contributed by atoms with van der Waals surface area (Å²) in [6.07, 6.45) is -4.83. The van der Waals surface area contributed by atoms with Gasteiger partial charge in [-0.1, -0.05) is 0 Å². The molecular weight excluding hydrogens is 455 g/mol. The Balaban J connectivity index is 2.00. The smallest absolute Gasteiger partial charge is 0.410 e. The van der Waals surface area contributed by atoms with Gasteiger partial charge in [0.15, 0.2) is 0 Å². The van der Waals surface area contributed by atoms with Gasteiger partial charge in [-0.2, -0.15) is 17.5 Å². The third-order valence-electron chi connectivity index (χ3n) is 4.95. The van der Waals surface area contributed by atoms with E-state index in [4.69, 9.17) is 5.11 Å². The number of sulfonamides is 1. The van der Waals surface area contributed by atoms with E-state index in [1.807, 2.05) is 0 Å². The molecule has 1 fully saturated rings. The number of nitrogens with zero attached hydrogens (tertiary/aromatic N) is 3. The van der Waals surface area contributed by atoms with Gasteiger partial charge < -0.3 is 15.0 Å². The summed E-state index contributed by atoms with van der Waals surface area (Å²) in [6, 6.07) is 3.12. The van der Waals surface area contributed by atoms with Crippen LogP contribution in [0, 0.1) is 0 Å². The maximum absolute atomic E-state index is 13.8. The molecule has 3 rings (SSSR count). The van der Waals surface area contributed by atoms with Crippen molar-refractivity contribution in [3.63, 3.8) is 0 Å². The van der Waals surface area contributed by atoms with Crippen LogP contribution in [0.25, 0.3) is 11.1 Å². The van der Waals surface area contributed by atoms with E-state index >= 15 is 0 Å². The number of anilines is 2. The van der Waals surface area contributed by atoms with E-state index in [0.717, 1.165) is 15.3 Å². The van der Waals surface area contributed by atoms with Gasteiger partial charge in [0, 0.05) is 31.9 Å². The number of pyridine rings is 2. The molecule has 174 valence electrons. The molecule has 10 nitrogen and oxygen atoms in total. The minimum Gasteiger partial charge on any atom is -0.465 e. The summed E-state index contributed by atoms with van der Waals surface area (Å²) in [6.45, 7) is 0.100. The van der Waals surface area contributed by atoms with Crippen molar-refractivity contribution in [2.45, 2.75) is 19.1 Å². The molecular formula is C18H20F3N5O5S. The van der Waals surface area contributed by atoms with Crippen LogP contribution in [-0.2, 0) is 10.0 Å². The number of alkyl halides is 3. The zero-order chi connectivity index (χ0) is 23.7. The molecule has 1 aliphatic rings. The lowest BCUT2D eigenvalue weighted by Gasteiger charge is -2.42. The van der Waals surface area contributed by atoms with Gasteiger partial charge in [-0.05, 0) is 36.2 Å². The first-order valence-corrected chi connectivity index (χ1v) is 11.0. The van der Waals surface area contributed by atoms with Gasteiger partial charge in [-0.25, -0.2) is 18.2 Å². The topological polar surface area (TPSA) is 136 Å². The van der Waals surface area contributed by atoms with Crippen molar-refractivity contribution in [3.8, 4) is 11.1 Å². The summed E-state index contributed by atoms with van der Waals surface area (Å²) in [5, 5.41) is 10.9. The monoisotopic (exact) mass is 475 g/mol. The van der Waals surface area contributed by atoms with E-state index in [0.29, 0.717) is 5.56 Å². The normalized spacial score (nSPS) is 17.9. The Labute approximate surface area is 180 Å². The molecule has 0 spiro atoms. The number of piperazine rings is 1. The number of carbonyl (C=O) groups is 1. The molecule has 1 unspecified atom stereocenters. The molecule has 1 atom stereocenters. The van der Waals surface area contributed by atoms with Crippen LogP contribution in [0.15, 0.2) is 35.3 Å². The maximum atomic E-state index is 13.8. The average molecular weight is 475 g/mol. The second-order valence-corrected chi connectivity index (χ2v) is 9.25. The Morgan fingerprint density at radius 2 is 2.00 bits per heavy atom. The predicted octanol–water partition coefficient (Wildman–Crippen LogP) is 1.93. The molecule has 3 N–H and O–H groups in total. The summed E-state index contributed by atoms with van der Waals surface area (Å²) in [4.78, 5) is 30.2. The Bertz CT molecular complexity index is 1170. The number of aromatic amines is 1. The number of carboxylic acid groups (broad SMARTS) is 1. The van der Waals surface area contributed by atoms with Gasteiger partial charge in [0.05, 0.1) is 5.75 Å². The maximum Gasteiger partial charge on any atom is 0.410 e. The third-order valence-corrected chi connectivity index (χ3v) is 6.79. The Morgan fingerprint density at radius 3 is 2.62 bits per heavy atom. The second kappa shape index (κ2) is 8.78. The largest absolute Gasteiger partial charge is 0.465 e. The van der Waals surface area contributed by atoms with E-state index in [1.54, 1.807) is 0 Å². The molecule has 1 amide bonds. The van der Waals surface area contributed by atoms with E-state index < -0.39 is 40.4 Å². The minimum absolute atomic E-state index is 0.0246. The zero-order valence-corrected chi connectivity index (χ0v) is 17.6. The van der Waals surface area contributed by atoms with Gasteiger partial charge >= 0.3 is 12.3 Å². The van der Waals surface area contributed by atoms with Gasteiger partial charge in [0.25, 0.3) is 0 Å². The summed E-state index contributed by atoms with van der Waals surface area (Å²) < 4.78 is 66.4. The molecule has 0 saturated carbocycles. The van der Waals surface area contributed by atoms with Crippen molar-refractivity contribution >= 4 is 27.8 Å². The number of rotatable bonds is 5. The van der Waals surface area contributed by atoms with Crippen molar-refractivity contribution in [1.82, 2.24) is 14.3 Å². The van der Waals surface area contributed by atoms with E-state index in [2.05, 4.69) is 15.3 Å². The molecule has 0 aromatic carbocycles. The molecule has 1 saturated heterocycles. The highest BCUT2D eigenvalue weighted by atomic mass is 32.2. The molecule has 1 aliphatic heterocycles. The molecule has 0 aliphatic carbocycles. The quantitative estimate of drug-likeness (QED) is 0.601. The van der Waals surface area contributed by atoms with Crippen LogP contribution in [0.3, 0.4) is 0 Å². The fourth-order valence-electron chi connectivity index (χ4n) is 3.40. The van der Waals surface area contributed by atoms with Crippen LogP contribution in [0.5, 0.6) is 0 Å². The number of H-pyrrole nitrogens is 1. The highest BCUT2D eigenvalue weighted by molar-refractivity contribution is 7.89. The Kier molecular flexibility index (Phi) is 6.46. The molecule has 32 heavy (non-hydrogen) atoms. The number of nitrogens with one attached hydrogen (secondary N) is 2. The van der Waals surface area contributed by atoms with Crippen LogP contribution >= 0.6 is 0 Å². The zero-order valence-electron chi connectivity index (χ0n) is 16.8. The number of amides is 1. The van der Waals surface area contributed by atoms with Gasteiger partial charge in [-0.3, -0.25) is 10.1 Å². The third kappa shape index (κ3) is 5.19. The average Bonchev–Trinajstić information content (AvgIpc) is 2.72. The van der Waals surface area contributed by atoms with Crippen molar-refractivity contribution in [3.05, 3.63) is 40.8 Å². The number of halogens is 3. The van der Waals surface area contributed by atoms with E-state index in [-0.39, 0.29) is 36.0 Å². The lowest BCUT2D eigenvalue weighted by molar-refractivity contribution is -0.153. The van der Waals surface area contributed by atoms with Crippen molar-refractivity contribution < 1.29 is 31.5 Å². The first kappa shape index (κ1) is 23.5. The fraction of sp³-hybridized carbons (Fsp3) is 0.389. The minimum atomic E-state index is -4.76. The molecule has 14 heteroatoms. The molecule has 2 aromatic rings. The van der Waals surface area contributed by atoms with Crippen LogP contribution in [0.2, 0.25) is 0 Å². The van der Waals surface area contributed by atoms with Crippen LogP contribution < -0.4 is 15.8 Å². The standard InChI is InChI=1S/C18H20F3N5O5S/c1-2-32(30,31)25-5-6-26(13(10-25)18(19,20)21)15-8-12(9-16(27)24-15)11-3-4-22-14(7-11)23-17(28)29/h3-4,7-9,13H,2,5-6,10H2,1H3,(H,22,23)(H,24,27)(H,28,29). The number of hydrogen-bond donors (Lipinski definition) is 3. The molecule has 0 bridgehead atoms. The van der Waals surface area contributed by atoms with Gasteiger partial charge in [0.2, 0.25) is 15.6 Å². The van der Waals surface area contributed by atoms with Crippen molar-refractivity contribution in [1.29, 1.82) is 0 Å². The summed E-state index contributed by atoms with van der Waals surface area (Å²) in [7, 11) is -3.82. The SMILES string of the molecule is CCS(=O)(=O)N1CCN(c2cc(-c3ccnc(NC(=O)O)c3)cc(=O)[nH]2)C(C(F)(F)F)C1. The molecule has 0 radical (unpaired) electrons. The van der Waals surface area contributed by atoms with Gasteiger partial charge in [-0.15, -0.1) is 0 Å². The number of hydrogen-bond acceptors (Lipinski definition) is 6. The van der Waals surface area contributed by atoms with Crippen molar-refractivity contribution in [2.75, 3.05) is 35.6 Å². The lowest BCUT2D eigenvalue weighted by atomic mass is 10.1. The van der Waals surface area contributed by atoms with Crippen LogP contribution in [0.1, 0.15) is 6.92 Å². The summed E-state index contributed by atoms with van der Waals surface area (Å²) in [5.41, 5.74) is -0.0810. The van der Waals surface area contributed by atoms with E-state index in [1.165, 1.54) is 31.3 Å². The van der Waals surface area contributed by atoms with Crippen molar-refractivity contribution in [2.24, 2.45) is 0 Å². The van der Waals surface area contributed by atoms with Crippen LogP contribution in [0.4, 0.5) is 29.6 Å². The Morgan fingerprint density at radius 1 is 1.28 bits per heavy atom. The predicted molar refractivity (Wildman–Crippen MR) is 110 cm³/mol. The Hall–Kier alpha value is -3.13. The van der Waals surface area contributed by atoms with Crippen LogP contribution in [-0.4, -0.2) is 71.5 Å².